The van der Waals surface area contributed by atoms with Gasteiger partial charge in [-0.25, -0.2) is 4.79 Å². The minimum absolute atomic E-state index is 0.0368. The van der Waals surface area contributed by atoms with Crippen molar-refractivity contribution in [1.82, 2.24) is 4.90 Å². The zero-order chi connectivity index (χ0) is 16.2. The minimum Gasteiger partial charge on any atom is -0.317 e. The average molecular weight is 349 g/mol. The van der Waals surface area contributed by atoms with Crippen LogP contribution in [0.2, 0.25) is 5.02 Å². The maximum Gasteiger partial charge on any atom is 0.322 e. The van der Waals surface area contributed by atoms with Gasteiger partial charge in [-0.1, -0.05) is 36.6 Å². The van der Waals surface area contributed by atoms with Crippen LogP contribution in [0.3, 0.4) is 0 Å². The molecule has 0 unspecified atom stereocenters. The number of nitrogens with one attached hydrogen (secondary N) is 1. The van der Waals surface area contributed by atoms with Crippen LogP contribution in [0, 0.1) is 6.92 Å². The molecule has 1 aromatic carbocycles. The van der Waals surface area contributed by atoms with Crippen molar-refractivity contribution in [3.63, 3.8) is 0 Å². The maximum atomic E-state index is 12.8. The van der Waals surface area contributed by atoms with Crippen molar-refractivity contribution in [3.8, 4) is 0 Å². The van der Waals surface area contributed by atoms with Crippen LogP contribution in [0.5, 0.6) is 0 Å². The SMILES string of the molecule is Cc1ccc(NC(=O)N2CCCCC[C@H]2c2cccs2)cc1Cl. The second kappa shape index (κ2) is 7.37. The van der Waals surface area contributed by atoms with E-state index in [2.05, 4.69) is 22.8 Å². The van der Waals surface area contributed by atoms with E-state index in [1.807, 2.05) is 30.0 Å². The number of nitrogens with zero attached hydrogens (tertiary/aromatic N) is 1. The van der Waals surface area contributed by atoms with E-state index in [-0.39, 0.29) is 12.1 Å². The van der Waals surface area contributed by atoms with Gasteiger partial charge in [-0.2, -0.15) is 0 Å². The van der Waals surface area contributed by atoms with Crippen molar-refractivity contribution in [2.75, 3.05) is 11.9 Å². The number of carbonyl (C=O) groups is 1. The van der Waals surface area contributed by atoms with E-state index in [4.69, 9.17) is 11.6 Å². The third kappa shape index (κ3) is 3.88. The fourth-order valence-corrected chi connectivity index (χ4v) is 4.05. The molecule has 0 radical (unpaired) electrons. The Bertz CT molecular complexity index is 672. The first-order valence-corrected chi connectivity index (χ1v) is 9.28. The third-order valence-electron chi connectivity index (χ3n) is 4.31. The topological polar surface area (TPSA) is 32.3 Å². The molecule has 5 heteroatoms. The highest BCUT2D eigenvalue weighted by Gasteiger charge is 2.27. The summed E-state index contributed by atoms with van der Waals surface area (Å²) in [5.41, 5.74) is 1.76. The molecule has 1 saturated heterocycles. The lowest BCUT2D eigenvalue weighted by molar-refractivity contribution is 0.190. The molecule has 1 atom stereocenters. The van der Waals surface area contributed by atoms with Gasteiger partial charge in [0.15, 0.2) is 0 Å². The highest BCUT2D eigenvalue weighted by Crippen LogP contribution is 2.33. The lowest BCUT2D eigenvalue weighted by Gasteiger charge is -2.29. The van der Waals surface area contributed by atoms with Gasteiger partial charge in [-0.05, 0) is 48.9 Å². The molecule has 3 rings (SSSR count). The molecule has 1 fully saturated rings. The molecule has 3 nitrogen and oxygen atoms in total. The van der Waals surface area contributed by atoms with Gasteiger partial charge in [0.05, 0.1) is 6.04 Å². The number of halogens is 1. The van der Waals surface area contributed by atoms with E-state index in [0.717, 1.165) is 30.6 Å². The Labute approximate surface area is 146 Å². The van der Waals surface area contributed by atoms with Crippen LogP contribution in [0.1, 0.15) is 42.2 Å². The number of amides is 2. The predicted molar refractivity (Wildman–Crippen MR) is 97.4 cm³/mol. The Morgan fingerprint density at radius 1 is 1.30 bits per heavy atom. The van der Waals surface area contributed by atoms with E-state index >= 15 is 0 Å². The molecule has 0 saturated carbocycles. The summed E-state index contributed by atoms with van der Waals surface area (Å²) in [5, 5.41) is 5.76. The average Bonchev–Trinajstić information content (AvgIpc) is 2.95. The van der Waals surface area contributed by atoms with Gasteiger partial charge in [0.1, 0.15) is 0 Å². The molecule has 23 heavy (non-hydrogen) atoms. The van der Waals surface area contributed by atoms with Crippen LogP contribution in [0.15, 0.2) is 35.7 Å². The Morgan fingerprint density at radius 2 is 2.17 bits per heavy atom. The summed E-state index contributed by atoms with van der Waals surface area (Å²) in [7, 11) is 0. The summed E-state index contributed by atoms with van der Waals surface area (Å²) in [6.45, 7) is 2.75. The molecule has 1 N–H and O–H groups in total. The zero-order valence-electron chi connectivity index (χ0n) is 13.2. The number of anilines is 1. The monoisotopic (exact) mass is 348 g/mol. The van der Waals surface area contributed by atoms with Crippen molar-refractivity contribution in [2.24, 2.45) is 0 Å². The van der Waals surface area contributed by atoms with Crippen molar-refractivity contribution < 1.29 is 4.79 Å². The Kier molecular flexibility index (Phi) is 5.23. The second-order valence-electron chi connectivity index (χ2n) is 5.97. The summed E-state index contributed by atoms with van der Waals surface area (Å²) in [6, 6.07) is 9.97. The molecular weight excluding hydrogens is 328 g/mol. The van der Waals surface area contributed by atoms with Crippen LogP contribution in [-0.4, -0.2) is 17.5 Å². The Hall–Kier alpha value is -1.52. The first-order chi connectivity index (χ1) is 11.1. The number of thiophene rings is 1. The fraction of sp³-hybridized carbons (Fsp3) is 0.389. The molecule has 2 aromatic rings. The van der Waals surface area contributed by atoms with Gasteiger partial charge in [0, 0.05) is 22.1 Å². The number of rotatable bonds is 2. The standard InChI is InChI=1S/C18H21ClN2OS/c1-13-8-9-14(12-15(13)19)20-18(22)21-10-4-2-3-6-16(21)17-7-5-11-23-17/h5,7-9,11-12,16H,2-4,6,10H2,1H3,(H,20,22)/t16-/m0/s1. The third-order valence-corrected chi connectivity index (χ3v) is 5.69. The second-order valence-corrected chi connectivity index (χ2v) is 7.35. The minimum atomic E-state index is -0.0368. The summed E-state index contributed by atoms with van der Waals surface area (Å²) in [5.74, 6) is 0. The number of carbonyl (C=O) groups excluding carboxylic acids is 1. The highest BCUT2D eigenvalue weighted by molar-refractivity contribution is 7.10. The number of benzene rings is 1. The smallest absolute Gasteiger partial charge is 0.317 e. The van der Waals surface area contributed by atoms with Crippen molar-refractivity contribution in [2.45, 2.75) is 38.6 Å². The molecule has 1 aliphatic rings. The maximum absolute atomic E-state index is 12.8. The van der Waals surface area contributed by atoms with Crippen LogP contribution >= 0.6 is 22.9 Å². The van der Waals surface area contributed by atoms with E-state index in [9.17, 15) is 4.79 Å². The number of hydrogen-bond acceptors (Lipinski definition) is 2. The number of urea groups is 1. The van der Waals surface area contributed by atoms with Crippen LogP contribution < -0.4 is 5.32 Å². The van der Waals surface area contributed by atoms with E-state index in [0.29, 0.717) is 5.02 Å². The van der Waals surface area contributed by atoms with Gasteiger partial charge in [-0.3, -0.25) is 0 Å². The van der Waals surface area contributed by atoms with E-state index < -0.39 is 0 Å². The molecule has 2 amide bonds. The van der Waals surface area contributed by atoms with Crippen molar-refractivity contribution in [3.05, 3.63) is 51.2 Å². The number of aryl methyl sites for hydroxylation is 1. The first-order valence-electron chi connectivity index (χ1n) is 8.02. The van der Waals surface area contributed by atoms with Gasteiger partial charge in [0.25, 0.3) is 0 Å². The van der Waals surface area contributed by atoms with Gasteiger partial charge in [-0.15, -0.1) is 11.3 Å². The van der Waals surface area contributed by atoms with E-state index in [1.54, 1.807) is 11.3 Å². The van der Waals surface area contributed by atoms with E-state index in [1.165, 1.54) is 17.7 Å². The summed E-state index contributed by atoms with van der Waals surface area (Å²) < 4.78 is 0. The Morgan fingerprint density at radius 3 is 2.91 bits per heavy atom. The molecule has 2 heterocycles. The van der Waals surface area contributed by atoms with Crippen molar-refractivity contribution in [1.29, 1.82) is 0 Å². The van der Waals surface area contributed by atoms with Crippen LogP contribution in [0.4, 0.5) is 10.5 Å². The Balaban J connectivity index is 1.78. The summed E-state index contributed by atoms with van der Waals surface area (Å²) in [4.78, 5) is 16.0. The molecule has 0 aliphatic carbocycles. The van der Waals surface area contributed by atoms with Gasteiger partial charge >= 0.3 is 6.03 Å². The first kappa shape index (κ1) is 16.3. The van der Waals surface area contributed by atoms with Gasteiger partial charge in [0.2, 0.25) is 0 Å². The fourth-order valence-electron chi connectivity index (χ4n) is 2.99. The van der Waals surface area contributed by atoms with Crippen molar-refractivity contribution >= 4 is 34.7 Å². The predicted octanol–water partition coefficient (Wildman–Crippen LogP) is 5.86. The number of likely N-dealkylation sites (tertiary alicyclic amines) is 1. The molecule has 0 spiro atoms. The van der Waals surface area contributed by atoms with Crippen LogP contribution in [0.25, 0.3) is 0 Å². The summed E-state index contributed by atoms with van der Waals surface area (Å²) >= 11 is 7.88. The molecule has 1 aliphatic heterocycles. The number of hydrogen-bond donors (Lipinski definition) is 1. The quantitative estimate of drug-likeness (QED) is 0.724. The molecule has 0 bridgehead atoms. The van der Waals surface area contributed by atoms with Crippen LogP contribution in [-0.2, 0) is 0 Å². The molecule has 122 valence electrons. The summed E-state index contributed by atoms with van der Waals surface area (Å²) in [6.07, 6.45) is 4.44. The highest BCUT2D eigenvalue weighted by atomic mass is 35.5. The normalized spacial score (nSPS) is 18.5. The zero-order valence-corrected chi connectivity index (χ0v) is 14.8. The largest absolute Gasteiger partial charge is 0.322 e. The lowest BCUT2D eigenvalue weighted by atomic mass is 10.1. The van der Waals surface area contributed by atoms with Gasteiger partial charge < -0.3 is 10.2 Å². The molecule has 1 aromatic heterocycles. The lowest BCUT2D eigenvalue weighted by Crippen LogP contribution is -2.37. The molecular formula is C18H21ClN2OS.